The fourth-order valence-corrected chi connectivity index (χ4v) is 4.64. The van der Waals surface area contributed by atoms with E-state index in [1.54, 1.807) is 0 Å². The van der Waals surface area contributed by atoms with Gasteiger partial charge in [0.15, 0.2) is 35.8 Å². The molecule has 0 aromatic heterocycles. The van der Waals surface area contributed by atoms with Gasteiger partial charge in [0.1, 0.15) is 37.6 Å². The third-order valence-corrected chi connectivity index (χ3v) is 7.62. The SMILES string of the molecule is C[C@H]1OC(=O)[C@H](O)[C@@H](O)COC(=O)[C@@H](NC(=O)c2cccc(NC=O)c2O)[C@@H](C)OC(=O)[C@H](O)[C@@H](O)COC(=O)[C@H]1NC(=O)c1cccc(NC=O)c1O. The average Bonchev–Trinajstić information content (AvgIpc) is 3.14. The molecule has 8 atom stereocenters. The van der Waals surface area contributed by atoms with Crippen LogP contribution in [0.4, 0.5) is 11.4 Å². The summed E-state index contributed by atoms with van der Waals surface area (Å²) in [5.41, 5.74) is -1.39. The van der Waals surface area contributed by atoms with E-state index in [0.717, 1.165) is 26.0 Å². The van der Waals surface area contributed by atoms with Crippen LogP contribution in [0, 0.1) is 0 Å². The number of hydrogen-bond acceptors (Lipinski definition) is 18. The predicted molar refractivity (Wildman–Crippen MR) is 175 cm³/mol. The Hall–Kier alpha value is -6.36. The number of esters is 4. The Morgan fingerprint density at radius 1 is 0.630 bits per heavy atom. The van der Waals surface area contributed by atoms with E-state index in [4.69, 9.17) is 18.9 Å². The van der Waals surface area contributed by atoms with Gasteiger partial charge in [-0.1, -0.05) is 12.1 Å². The van der Waals surface area contributed by atoms with Crippen molar-refractivity contribution in [3.05, 3.63) is 47.5 Å². The molecule has 0 bridgehead atoms. The van der Waals surface area contributed by atoms with Crippen molar-refractivity contribution in [1.82, 2.24) is 10.6 Å². The fraction of sp³-hybridized carbons (Fsp3) is 0.375. The smallest absolute Gasteiger partial charge is 0.338 e. The molecule has 54 heavy (non-hydrogen) atoms. The molecule has 4 amide bonds. The largest absolute Gasteiger partial charge is 0.505 e. The van der Waals surface area contributed by atoms with Crippen molar-refractivity contribution < 1.29 is 87.9 Å². The zero-order chi connectivity index (χ0) is 40.3. The molecule has 292 valence electrons. The number of aliphatic hydroxyl groups is 4. The molecule has 1 heterocycles. The van der Waals surface area contributed by atoms with Crippen LogP contribution in [0.3, 0.4) is 0 Å². The molecule has 22 nitrogen and oxygen atoms in total. The van der Waals surface area contributed by atoms with E-state index >= 15 is 0 Å². The molecule has 0 spiro atoms. The molecule has 3 rings (SSSR count). The van der Waals surface area contributed by atoms with Crippen LogP contribution in [-0.4, -0.2) is 141 Å². The first-order valence-corrected chi connectivity index (χ1v) is 15.6. The van der Waals surface area contributed by atoms with Gasteiger partial charge in [0, 0.05) is 0 Å². The number of aliphatic hydroxyl groups excluding tert-OH is 4. The van der Waals surface area contributed by atoms with Gasteiger partial charge in [0.05, 0.1) is 22.5 Å². The third kappa shape index (κ3) is 10.4. The van der Waals surface area contributed by atoms with Crippen LogP contribution in [0.2, 0.25) is 0 Å². The Kier molecular flexibility index (Phi) is 14.7. The van der Waals surface area contributed by atoms with Crippen LogP contribution >= 0.6 is 0 Å². The Balaban J connectivity index is 1.90. The van der Waals surface area contributed by atoms with Crippen LogP contribution in [0.5, 0.6) is 11.5 Å². The van der Waals surface area contributed by atoms with Gasteiger partial charge in [0.2, 0.25) is 12.8 Å². The molecule has 2 aromatic carbocycles. The number of rotatable bonds is 8. The summed E-state index contributed by atoms with van der Waals surface area (Å²) >= 11 is 0. The first kappa shape index (κ1) is 42.1. The van der Waals surface area contributed by atoms with Crippen molar-refractivity contribution in [3.8, 4) is 11.5 Å². The van der Waals surface area contributed by atoms with Crippen LogP contribution in [0.25, 0.3) is 0 Å². The Bertz CT molecular complexity index is 1630. The highest BCUT2D eigenvalue weighted by Crippen LogP contribution is 2.28. The first-order valence-electron chi connectivity index (χ1n) is 15.6. The quantitative estimate of drug-likeness (QED) is 0.0540. The molecule has 10 N–H and O–H groups in total. The minimum atomic E-state index is -2.48. The standard InChI is InChI=1S/C32H36N4O18/c1-13-21(35-27(45)15-5-3-7-17(23(15)41)33-11-37)29(47)51-9-20(40)26(44)32(50)54-14(2)22(30(48)52-10-19(39)25(43)31(49)53-13)36-28(46)16-6-4-8-18(24(16)42)34-12-38/h3-8,11-14,19-22,25-26,39-44H,9-10H2,1-2H3,(H,33,37)(H,34,38)(H,35,45)(H,36,46)/t13-,14-,19+,20+,21+,22+,25-,26-/m1/s1. The number of amides is 4. The molecule has 0 saturated carbocycles. The first-order chi connectivity index (χ1) is 25.5. The van der Waals surface area contributed by atoms with Crippen LogP contribution < -0.4 is 21.3 Å². The number of aromatic hydroxyl groups is 2. The molecule has 0 unspecified atom stereocenters. The summed E-state index contributed by atoms with van der Waals surface area (Å²) in [5, 5.41) is 71.1. The molecular weight excluding hydrogens is 728 g/mol. The summed E-state index contributed by atoms with van der Waals surface area (Å²) in [7, 11) is 0. The molecule has 1 fully saturated rings. The van der Waals surface area contributed by atoms with Gasteiger partial charge in [-0.2, -0.15) is 0 Å². The summed E-state index contributed by atoms with van der Waals surface area (Å²) in [5.74, 6) is -10.0. The van der Waals surface area contributed by atoms with Crippen molar-refractivity contribution in [3.63, 3.8) is 0 Å². The number of carbonyl (C=O) groups excluding carboxylic acids is 8. The van der Waals surface area contributed by atoms with Crippen molar-refractivity contribution in [1.29, 1.82) is 0 Å². The summed E-state index contributed by atoms with van der Waals surface area (Å²) in [4.78, 5) is 99.7. The number of para-hydroxylation sites is 2. The molecule has 1 aliphatic heterocycles. The van der Waals surface area contributed by atoms with E-state index < -0.39 is 120 Å². The maximum atomic E-state index is 13.2. The third-order valence-electron chi connectivity index (χ3n) is 7.62. The van der Waals surface area contributed by atoms with E-state index in [9.17, 15) is 69.0 Å². The van der Waals surface area contributed by atoms with E-state index in [2.05, 4.69) is 21.3 Å². The number of benzene rings is 2. The lowest BCUT2D eigenvalue weighted by Crippen LogP contribution is -2.53. The number of nitrogens with one attached hydrogen (secondary N) is 4. The number of phenols is 2. The lowest BCUT2D eigenvalue weighted by molar-refractivity contribution is -0.180. The molecule has 2 aromatic rings. The van der Waals surface area contributed by atoms with Gasteiger partial charge in [-0.05, 0) is 38.1 Å². The molecule has 0 radical (unpaired) electrons. The number of carbonyl (C=O) groups is 8. The van der Waals surface area contributed by atoms with Crippen molar-refractivity contribution in [2.75, 3.05) is 23.8 Å². The van der Waals surface area contributed by atoms with Crippen LogP contribution in [-0.2, 0) is 47.7 Å². The Morgan fingerprint density at radius 3 is 1.31 bits per heavy atom. The van der Waals surface area contributed by atoms with Crippen LogP contribution in [0.15, 0.2) is 36.4 Å². The van der Waals surface area contributed by atoms with Gasteiger partial charge >= 0.3 is 23.9 Å². The average molecular weight is 765 g/mol. The molecule has 1 saturated heterocycles. The molecular formula is C32H36N4O18. The molecule has 1 aliphatic rings. The normalized spacial score (nSPS) is 25.9. The zero-order valence-corrected chi connectivity index (χ0v) is 28.2. The highest BCUT2D eigenvalue weighted by Gasteiger charge is 2.39. The summed E-state index contributed by atoms with van der Waals surface area (Å²) < 4.78 is 20.0. The Morgan fingerprint density at radius 2 is 0.981 bits per heavy atom. The number of ether oxygens (including phenoxy) is 4. The lowest BCUT2D eigenvalue weighted by atomic mass is 10.1. The summed E-state index contributed by atoms with van der Waals surface area (Å²) in [6, 6.07) is 3.14. The monoisotopic (exact) mass is 764 g/mol. The van der Waals surface area contributed by atoms with Gasteiger partial charge in [-0.3, -0.25) is 19.2 Å². The van der Waals surface area contributed by atoms with Crippen LogP contribution in [0.1, 0.15) is 34.6 Å². The minimum Gasteiger partial charge on any atom is -0.505 e. The van der Waals surface area contributed by atoms with Crippen molar-refractivity contribution >= 4 is 59.9 Å². The topological polar surface area (TPSA) is 343 Å². The zero-order valence-electron chi connectivity index (χ0n) is 28.2. The summed E-state index contributed by atoms with van der Waals surface area (Å²) in [6.45, 7) is -0.305. The van der Waals surface area contributed by atoms with E-state index in [-0.39, 0.29) is 24.2 Å². The van der Waals surface area contributed by atoms with E-state index in [1.165, 1.54) is 24.3 Å². The second-order valence-corrected chi connectivity index (χ2v) is 11.4. The number of cyclic esters (lactones) is 4. The fourth-order valence-electron chi connectivity index (χ4n) is 4.64. The Labute approximate surface area is 303 Å². The van der Waals surface area contributed by atoms with Gasteiger partial charge in [0.25, 0.3) is 11.8 Å². The highest BCUT2D eigenvalue weighted by molar-refractivity contribution is 6.02. The van der Waals surface area contributed by atoms with E-state index in [1.807, 2.05) is 0 Å². The second-order valence-electron chi connectivity index (χ2n) is 11.4. The van der Waals surface area contributed by atoms with Crippen molar-refractivity contribution in [2.45, 2.75) is 62.6 Å². The molecule has 0 aliphatic carbocycles. The maximum absolute atomic E-state index is 13.2. The van der Waals surface area contributed by atoms with Gasteiger partial charge in [-0.25, -0.2) is 19.2 Å². The lowest BCUT2D eigenvalue weighted by Gasteiger charge is -2.28. The maximum Gasteiger partial charge on any atom is 0.338 e. The van der Waals surface area contributed by atoms with Crippen molar-refractivity contribution in [2.24, 2.45) is 0 Å². The number of anilines is 2. The molecule has 22 heteroatoms. The minimum absolute atomic E-state index is 0.202. The second kappa shape index (κ2) is 18.9. The highest BCUT2D eigenvalue weighted by atomic mass is 16.6. The van der Waals surface area contributed by atoms with Gasteiger partial charge < -0.3 is 70.9 Å². The number of phenolic OH excluding ortho intramolecular Hbond substituents is 2. The summed E-state index contributed by atoms with van der Waals surface area (Å²) in [6.07, 6.45) is -12.5. The van der Waals surface area contributed by atoms with E-state index in [0.29, 0.717) is 0 Å². The van der Waals surface area contributed by atoms with Gasteiger partial charge in [-0.15, -0.1) is 0 Å². The number of hydrogen-bond donors (Lipinski definition) is 10. The predicted octanol–water partition coefficient (Wildman–Crippen LogP) is -3.46.